The van der Waals surface area contributed by atoms with E-state index >= 15 is 0 Å². The van der Waals surface area contributed by atoms with Crippen LogP contribution in [0.1, 0.15) is 27.8 Å². The second kappa shape index (κ2) is 5.00. The average molecular weight is 319 g/mol. The molecule has 3 heterocycles. The Labute approximate surface area is 131 Å². The Morgan fingerprint density at radius 1 is 1.39 bits per heavy atom. The summed E-state index contributed by atoms with van der Waals surface area (Å²) in [7, 11) is 0. The van der Waals surface area contributed by atoms with Crippen LogP contribution in [0.2, 0.25) is 0 Å². The molecular weight excluding hydrogens is 302 g/mol. The van der Waals surface area contributed by atoms with Gasteiger partial charge in [0.05, 0.1) is 18.0 Å². The van der Waals surface area contributed by atoms with Crippen molar-refractivity contribution in [1.82, 2.24) is 4.57 Å². The summed E-state index contributed by atoms with van der Waals surface area (Å²) in [6.45, 7) is 0.174. The predicted molar refractivity (Wildman–Crippen MR) is 79.2 cm³/mol. The van der Waals surface area contributed by atoms with Crippen molar-refractivity contribution in [2.75, 3.05) is 13.2 Å². The van der Waals surface area contributed by atoms with Crippen LogP contribution in [-0.2, 0) is 11.2 Å². The highest BCUT2D eigenvalue weighted by atomic mass is 16.6. The van der Waals surface area contributed by atoms with Crippen LogP contribution >= 0.6 is 0 Å². The van der Waals surface area contributed by atoms with Gasteiger partial charge in [0.15, 0.2) is 6.23 Å². The van der Waals surface area contributed by atoms with E-state index in [2.05, 4.69) is 4.99 Å². The largest absolute Gasteiger partial charge is 0.395 e. The number of rotatable bonds is 2. The molecule has 122 valence electrons. The fourth-order valence-corrected chi connectivity index (χ4v) is 3.44. The van der Waals surface area contributed by atoms with E-state index in [4.69, 9.17) is 10.5 Å². The molecule has 0 amide bonds. The Hall–Kier alpha value is -2.00. The summed E-state index contributed by atoms with van der Waals surface area (Å²) in [5, 5.41) is 29.4. The van der Waals surface area contributed by atoms with Gasteiger partial charge in [0.25, 0.3) is 0 Å². The number of nitrogens with two attached hydrogens (primary N) is 1. The smallest absolute Gasteiger partial charge is 0.225 e. The Morgan fingerprint density at radius 2 is 2.17 bits per heavy atom. The van der Waals surface area contributed by atoms with Crippen molar-refractivity contribution in [2.45, 2.75) is 31.0 Å². The van der Waals surface area contributed by atoms with E-state index in [9.17, 15) is 20.1 Å². The second-order valence-electron chi connectivity index (χ2n) is 5.96. The summed E-state index contributed by atoms with van der Waals surface area (Å²) in [6.07, 6.45) is -0.359. The highest BCUT2D eigenvalue weighted by Gasteiger charge is 2.45. The summed E-state index contributed by atoms with van der Waals surface area (Å²) in [5.41, 5.74) is 8.50. The number of aliphatic hydroxyl groups excluding tert-OH is 3. The minimum atomic E-state index is -1.25. The maximum atomic E-state index is 12.5. The van der Waals surface area contributed by atoms with Gasteiger partial charge >= 0.3 is 0 Å². The van der Waals surface area contributed by atoms with Crippen molar-refractivity contribution >= 4 is 11.5 Å². The third-order valence-corrected chi connectivity index (χ3v) is 4.59. The number of carbonyl (C=O) groups excluding carboxylic acids is 1. The van der Waals surface area contributed by atoms with Crippen molar-refractivity contribution < 1.29 is 24.9 Å². The van der Waals surface area contributed by atoms with Gasteiger partial charge in [-0.1, -0.05) is 0 Å². The molecule has 3 aliphatic rings. The van der Waals surface area contributed by atoms with Crippen LogP contribution in [0.15, 0.2) is 23.0 Å². The maximum Gasteiger partial charge on any atom is 0.225 e. The third kappa shape index (κ3) is 1.93. The van der Waals surface area contributed by atoms with Crippen molar-refractivity contribution in [3.63, 3.8) is 0 Å². The molecule has 2 unspecified atom stereocenters. The zero-order chi connectivity index (χ0) is 16.3. The third-order valence-electron chi connectivity index (χ3n) is 4.59. The molecule has 23 heavy (non-hydrogen) atoms. The van der Waals surface area contributed by atoms with E-state index in [1.165, 1.54) is 4.57 Å². The molecule has 0 aromatic carbocycles. The number of ether oxygens (including phenoxy) is 1. The SMILES string of the molecule is NC1=CC2=NCCc3cn([C@@H]4O[C@H](CO)C(O)C4O)c(c32)C1=O. The lowest BCUT2D eigenvalue weighted by atomic mass is 9.92. The summed E-state index contributed by atoms with van der Waals surface area (Å²) in [6, 6.07) is 0. The van der Waals surface area contributed by atoms with Crippen LogP contribution in [0.4, 0.5) is 0 Å². The van der Waals surface area contributed by atoms with Crippen LogP contribution in [0, 0.1) is 0 Å². The van der Waals surface area contributed by atoms with Gasteiger partial charge in [-0.15, -0.1) is 0 Å². The lowest BCUT2D eigenvalue weighted by Crippen LogP contribution is -2.34. The molecule has 4 atom stereocenters. The van der Waals surface area contributed by atoms with Gasteiger partial charge in [0.1, 0.15) is 24.0 Å². The van der Waals surface area contributed by atoms with Crippen molar-refractivity contribution in [3.05, 3.63) is 34.8 Å². The Balaban J connectivity index is 1.85. The highest BCUT2D eigenvalue weighted by Crippen LogP contribution is 2.36. The number of hydrogen-bond acceptors (Lipinski definition) is 7. The van der Waals surface area contributed by atoms with Crippen molar-refractivity contribution in [1.29, 1.82) is 0 Å². The Morgan fingerprint density at radius 3 is 2.87 bits per heavy atom. The summed E-state index contributed by atoms with van der Waals surface area (Å²) < 4.78 is 7.06. The van der Waals surface area contributed by atoms with Gasteiger partial charge in [-0.05, 0) is 18.1 Å². The van der Waals surface area contributed by atoms with Gasteiger partial charge in [-0.3, -0.25) is 9.79 Å². The van der Waals surface area contributed by atoms with Crippen molar-refractivity contribution in [3.8, 4) is 0 Å². The molecule has 0 spiro atoms. The molecule has 8 nitrogen and oxygen atoms in total. The first-order valence-corrected chi connectivity index (χ1v) is 7.45. The number of allylic oxidation sites excluding steroid dienone is 2. The predicted octanol–water partition coefficient (Wildman–Crippen LogP) is -1.52. The Bertz CT molecular complexity index is 751. The lowest BCUT2D eigenvalue weighted by Gasteiger charge is -2.22. The van der Waals surface area contributed by atoms with Crippen LogP contribution < -0.4 is 5.73 Å². The number of Topliss-reactive ketones (excluding diaryl/α,β-unsaturated/α-hetero) is 1. The molecule has 1 aromatic rings. The van der Waals surface area contributed by atoms with E-state index in [1.54, 1.807) is 12.3 Å². The topological polar surface area (TPSA) is 130 Å². The number of aromatic nitrogens is 1. The van der Waals surface area contributed by atoms with E-state index < -0.39 is 31.1 Å². The molecule has 8 heteroatoms. The normalized spacial score (nSPS) is 32.6. The highest BCUT2D eigenvalue weighted by molar-refractivity contribution is 6.26. The number of hydrogen-bond donors (Lipinski definition) is 4. The number of nitrogens with zero attached hydrogens (tertiary/aromatic N) is 2. The van der Waals surface area contributed by atoms with E-state index in [0.717, 1.165) is 5.56 Å². The molecule has 0 saturated carbocycles. The van der Waals surface area contributed by atoms with Crippen LogP contribution in [0.25, 0.3) is 0 Å². The Kier molecular flexibility index (Phi) is 3.17. The molecule has 0 radical (unpaired) electrons. The molecule has 4 rings (SSSR count). The van der Waals surface area contributed by atoms with Crippen LogP contribution in [-0.4, -0.2) is 62.8 Å². The van der Waals surface area contributed by atoms with Crippen LogP contribution in [0.5, 0.6) is 0 Å². The zero-order valence-corrected chi connectivity index (χ0v) is 12.2. The molecule has 0 bridgehead atoms. The summed E-state index contributed by atoms with van der Waals surface area (Å²) in [4.78, 5) is 16.9. The maximum absolute atomic E-state index is 12.5. The molecule has 1 aliphatic carbocycles. The fourth-order valence-electron chi connectivity index (χ4n) is 3.44. The van der Waals surface area contributed by atoms with Crippen molar-refractivity contribution in [2.24, 2.45) is 10.7 Å². The lowest BCUT2D eigenvalue weighted by molar-refractivity contribution is -0.0532. The first-order chi connectivity index (χ1) is 11.0. The number of aliphatic hydroxyl groups is 3. The standard InChI is InChI=1S/C15H17N3O5/c16-7-3-8-10-6(1-2-17-8)4-18(11(10)12(7)20)15-14(22)13(21)9(5-19)23-15/h3-4,9,13-15,19,21-22H,1-2,5,16H2/t9-,13?,14?,15-/m1/s1. The first kappa shape index (κ1) is 14.6. The van der Waals surface area contributed by atoms with Gasteiger partial charge in [0.2, 0.25) is 5.78 Å². The second-order valence-corrected chi connectivity index (χ2v) is 5.96. The monoisotopic (exact) mass is 319 g/mol. The van der Waals surface area contributed by atoms with Gasteiger partial charge in [-0.2, -0.15) is 0 Å². The van der Waals surface area contributed by atoms with E-state index in [-0.39, 0.29) is 11.5 Å². The molecule has 1 aromatic heterocycles. The van der Waals surface area contributed by atoms with Gasteiger partial charge in [-0.25, -0.2) is 0 Å². The quantitative estimate of drug-likeness (QED) is 0.524. The molecular formula is C15H17N3O5. The molecule has 1 fully saturated rings. The minimum Gasteiger partial charge on any atom is -0.395 e. The number of aliphatic imine (C=N–C) groups is 1. The molecule has 5 N–H and O–H groups in total. The average Bonchev–Trinajstić information content (AvgIpc) is 3.05. The molecule has 2 aliphatic heterocycles. The van der Waals surface area contributed by atoms with E-state index in [1.807, 2.05) is 0 Å². The fraction of sp³-hybridized carbons (Fsp3) is 0.467. The van der Waals surface area contributed by atoms with Crippen LogP contribution in [0.3, 0.4) is 0 Å². The summed E-state index contributed by atoms with van der Waals surface area (Å²) in [5.74, 6) is -0.357. The first-order valence-electron chi connectivity index (χ1n) is 7.45. The number of ketones is 1. The van der Waals surface area contributed by atoms with Gasteiger partial charge in [0, 0.05) is 18.3 Å². The number of carbonyl (C=O) groups is 1. The van der Waals surface area contributed by atoms with E-state index in [0.29, 0.717) is 29.9 Å². The minimum absolute atomic E-state index is 0.0794. The zero-order valence-electron chi connectivity index (χ0n) is 12.2. The summed E-state index contributed by atoms with van der Waals surface area (Å²) >= 11 is 0. The van der Waals surface area contributed by atoms with Gasteiger partial charge < -0.3 is 30.4 Å². The molecule has 1 saturated heterocycles.